The van der Waals surface area contributed by atoms with Crippen LogP contribution in [0.2, 0.25) is 0 Å². The number of amides is 1. The number of ether oxygens (including phenoxy) is 2. The molecule has 3 N–H and O–H groups in total. The summed E-state index contributed by atoms with van der Waals surface area (Å²) in [7, 11) is 1.63. The standard InChI is InChI=1S/C18H24N2O4/c1-11-14-10-13(22-3)4-5-15(14)24-16(11)12(2)20-17(21)18(19)6-8-23-9-7-18/h4-5,10,12H,6-9,19H2,1-3H3,(H,20,21). The second-order valence-corrected chi connectivity index (χ2v) is 6.42. The van der Waals surface area contributed by atoms with E-state index in [1.165, 1.54) is 0 Å². The van der Waals surface area contributed by atoms with Crippen molar-refractivity contribution in [3.8, 4) is 5.75 Å². The lowest BCUT2D eigenvalue weighted by atomic mass is 9.90. The van der Waals surface area contributed by atoms with E-state index < -0.39 is 5.54 Å². The number of aryl methyl sites for hydroxylation is 1. The van der Waals surface area contributed by atoms with Crippen LogP contribution in [-0.2, 0) is 9.53 Å². The fraction of sp³-hybridized carbons (Fsp3) is 0.500. The molecule has 0 aliphatic carbocycles. The van der Waals surface area contributed by atoms with Gasteiger partial charge in [0.25, 0.3) is 0 Å². The van der Waals surface area contributed by atoms with E-state index >= 15 is 0 Å². The van der Waals surface area contributed by atoms with E-state index in [0.717, 1.165) is 28.0 Å². The average Bonchev–Trinajstić information content (AvgIpc) is 2.92. The molecule has 24 heavy (non-hydrogen) atoms. The molecule has 1 saturated heterocycles. The minimum absolute atomic E-state index is 0.157. The summed E-state index contributed by atoms with van der Waals surface area (Å²) in [6.45, 7) is 4.92. The first-order valence-corrected chi connectivity index (χ1v) is 8.19. The van der Waals surface area contributed by atoms with E-state index in [-0.39, 0.29) is 11.9 Å². The van der Waals surface area contributed by atoms with Gasteiger partial charge in [0, 0.05) is 24.2 Å². The summed E-state index contributed by atoms with van der Waals surface area (Å²) >= 11 is 0. The van der Waals surface area contributed by atoms with Crippen LogP contribution in [0.25, 0.3) is 11.0 Å². The summed E-state index contributed by atoms with van der Waals surface area (Å²) in [5.74, 6) is 1.36. The van der Waals surface area contributed by atoms with Crippen LogP contribution in [-0.4, -0.2) is 31.8 Å². The Labute approximate surface area is 141 Å². The van der Waals surface area contributed by atoms with Crippen molar-refractivity contribution in [3.63, 3.8) is 0 Å². The van der Waals surface area contributed by atoms with Gasteiger partial charge in [-0.25, -0.2) is 0 Å². The molecule has 6 heteroatoms. The van der Waals surface area contributed by atoms with E-state index in [1.807, 2.05) is 32.0 Å². The molecule has 1 aromatic heterocycles. The van der Waals surface area contributed by atoms with E-state index in [9.17, 15) is 4.79 Å². The van der Waals surface area contributed by atoms with Crippen LogP contribution >= 0.6 is 0 Å². The van der Waals surface area contributed by atoms with Crippen molar-refractivity contribution >= 4 is 16.9 Å². The average molecular weight is 332 g/mol. The van der Waals surface area contributed by atoms with Crippen molar-refractivity contribution in [2.45, 2.75) is 38.3 Å². The summed E-state index contributed by atoms with van der Waals surface area (Å²) in [5, 5.41) is 3.98. The summed E-state index contributed by atoms with van der Waals surface area (Å²) in [6.07, 6.45) is 1.06. The number of fused-ring (bicyclic) bond motifs is 1. The van der Waals surface area contributed by atoms with Gasteiger partial charge >= 0.3 is 0 Å². The SMILES string of the molecule is COc1ccc2oc(C(C)NC(=O)C3(N)CCOCC3)c(C)c2c1. The Balaban J connectivity index is 1.82. The predicted octanol–water partition coefficient (Wildman–Crippen LogP) is 2.43. The third-order valence-electron chi connectivity index (χ3n) is 4.76. The highest BCUT2D eigenvalue weighted by atomic mass is 16.5. The summed E-state index contributed by atoms with van der Waals surface area (Å²) < 4.78 is 16.5. The second-order valence-electron chi connectivity index (χ2n) is 6.42. The minimum atomic E-state index is -0.865. The molecule has 1 fully saturated rings. The fourth-order valence-electron chi connectivity index (χ4n) is 3.13. The summed E-state index contributed by atoms with van der Waals surface area (Å²) in [5.41, 5.74) is 7.15. The van der Waals surface area contributed by atoms with Gasteiger partial charge < -0.3 is 24.9 Å². The van der Waals surface area contributed by atoms with Crippen LogP contribution in [0.4, 0.5) is 0 Å². The van der Waals surface area contributed by atoms with Crippen LogP contribution in [0, 0.1) is 6.92 Å². The molecule has 1 aromatic carbocycles. The quantitative estimate of drug-likeness (QED) is 0.898. The first-order valence-electron chi connectivity index (χ1n) is 8.19. The highest BCUT2D eigenvalue weighted by Gasteiger charge is 2.37. The molecule has 2 aromatic rings. The molecular formula is C18H24N2O4. The van der Waals surface area contributed by atoms with Gasteiger partial charge in [0.1, 0.15) is 17.1 Å². The van der Waals surface area contributed by atoms with Gasteiger partial charge in [-0.2, -0.15) is 0 Å². The zero-order valence-electron chi connectivity index (χ0n) is 14.3. The van der Waals surface area contributed by atoms with Crippen LogP contribution in [0.3, 0.4) is 0 Å². The Hall–Kier alpha value is -2.05. The molecule has 0 spiro atoms. The first-order chi connectivity index (χ1) is 11.4. The molecule has 1 amide bonds. The van der Waals surface area contributed by atoms with E-state index in [0.29, 0.717) is 26.1 Å². The third kappa shape index (κ3) is 2.99. The zero-order valence-corrected chi connectivity index (χ0v) is 14.3. The van der Waals surface area contributed by atoms with E-state index in [4.69, 9.17) is 19.6 Å². The highest BCUT2D eigenvalue weighted by molar-refractivity contribution is 5.87. The fourth-order valence-corrected chi connectivity index (χ4v) is 3.13. The van der Waals surface area contributed by atoms with Gasteiger partial charge in [-0.05, 0) is 44.9 Å². The Kier molecular flexibility index (Phi) is 4.51. The molecule has 3 rings (SSSR count). The van der Waals surface area contributed by atoms with Crippen molar-refractivity contribution in [1.29, 1.82) is 0 Å². The van der Waals surface area contributed by atoms with Crippen molar-refractivity contribution in [3.05, 3.63) is 29.5 Å². The number of benzene rings is 1. The highest BCUT2D eigenvalue weighted by Crippen LogP contribution is 2.32. The molecule has 1 atom stereocenters. The molecule has 2 heterocycles. The predicted molar refractivity (Wildman–Crippen MR) is 91.0 cm³/mol. The monoisotopic (exact) mass is 332 g/mol. The normalized spacial score (nSPS) is 18.3. The Morgan fingerprint density at radius 2 is 2.08 bits per heavy atom. The van der Waals surface area contributed by atoms with Crippen LogP contribution in [0.5, 0.6) is 5.75 Å². The molecule has 1 aliphatic heterocycles. The Morgan fingerprint density at radius 3 is 2.75 bits per heavy atom. The topological polar surface area (TPSA) is 86.7 Å². The molecule has 1 unspecified atom stereocenters. The maximum Gasteiger partial charge on any atom is 0.240 e. The second kappa shape index (κ2) is 6.45. The number of carbonyl (C=O) groups excluding carboxylic acids is 1. The van der Waals surface area contributed by atoms with E-state index in [1.54, 1.807) is 7.11 Å². The lowest BCUT2D eigenvalue weighted by Gasteiger charge is -2.32. The van der Waals surface area contributed by atoms with Crippen LogP contribution < -0.4 is 15.8 Å². The first kappa shape index (κ1) is 16.8. The van der Waals surface area contributed by atoms with Gasteiger partial charge in [-0.1, -0.05) is 0 Å². The van der Waals surface area contributed by atoms with Gasteiger partial charge in [0.05, 0.1) is 18.7 Å². The van der Waals surface area contributed by atoms with Gasteiger partial charge in [-0.3, -0.25) is 4.79 Å². The minimum Gasteiger partial charge on any atom is -0.497 e. The summed E-state index contributed by atoms with van der Waals surface area (Å²) in [4.78, 5) is 12.6. The van der Waals surface area contributed by atoms with E-state index in [2.05, 4.69) is 5.32 Å². The zero-order chi connectivity index (χ0) is 17.3. The Morgan fingerprint density at radius 1 is 1.38 bits per heavy atom. The van der Waals surface area contributed by atoms with Crippen molar-refractivity contribution in [2.75, 3.05) is 20.3 Å². The lowest BCUT2D eigenvalue weighted by Crippen LogP contribution is -2.57. The number of nitrogens with two attached hydrogens (primary N) is 1. The lowest BCUT2D eigenvalue weighted by molar-refractivity contribution is -0.130. The summed E-state index contributed by atoms with van der Waals surface area (Å²) in [6, 6.07) is 5.41. The molecular weight excluding hydrogens is 308 g/mol. The largest absolute Gasteiger partial charge is 0.497 e. The van der Waals surface area contributed by atoms with Gasteiger partial charge in [0.15, 0.2) is 0 Å². The van der Waals surface area contributed by atoms with Crippen LogP contribution in [0.15, 0.2) is 22.6 Å². The van der Waals surface area contributed by atoms with Crippen molar-refractivity contribution in [1.82, 2.24) is 5.32 Å². The molecule has 0 radical (unpaired) electrons. The number of nitrogens with one attached hydrogen (secondary N) is 1. The number of rotatable bonds is 4. The van der Waals surface area contributed by atoms with Crippen molar-refractivity contribution < 1.29 is 18.7 Å². The molecule has 0 bridgehead atoms. The number of hydrogen-bond acceptors (Lipinski definition) is 5. The molecule has 130 valence electrons. The van der Waals surface area contributed by atoms with Gasteiger partial charge in [-0.15, -0.1) is 0 Å². The number of methoxy groups -OCH3 is 1. The number of carbonyl (C=O) groups is 1. The smallest absolute Gasteiger partial charge is 0.240 e. The number of furan rings is 1. The molecule has 0 saturated carbocycles. The van der Waals surface area contributed by atoms with Crippen molar-refractivity contribution in [2.24, 2.45) is 5.73 Å². The maximum atomic E-state index is 12.6. The molecule has 1 aliphatic rings. The molecule has 6 nitrogen and oxygen atoms in total. The van der Waals surface area contributed by atoms with Crippen LogP contribution in [0.1, 0.15) is 37.1 Å². The third-order valence-corrected chi connectivity index (χ3v) is 4.76. The Bertz CT molecular complexity index is 747. The number of hydrogen-bond donors (Lipinski definition) is 2. The maximum absolute atomic E-state index is 12.6. The van der Waals surface area contributed by atoms with Gasteiger partial charge in [0.2, 0.25) is 5.91 Å².